The van der Waals surface area contributed by atoms with Gasteiger partial charge in [-0.2, -0.15) is 0 Å². The van der Waals surface area contributed by atoms with E-state index < -0.39 is 11.3 Å². The number of piperidine rings is 1. The van der Waals surface area contributed by atoms with E-state index in [0.717, 1.165) is 25.8 Å². The summed E-state index contributed by atoms with van der Waals surface area (Å²) in [5.74, 6) is -0.363. The summed E-state index contributed by atoms with van der Waals surface area (Å²) in [7, 11) is 3.98. The average molecular weight is 419 g/mol. The number of carbonyl (C=O) groups is 2. The summed E-state index contributed by atoms with van der Waals surface area (Å²) in [5.41, 5.74) is -0.484. The Morgan fingerprint density at radius 3 is 2.27 bits per heavy atom. The van der Waals surface area contributed by atoms with Crippen LogP contribution in [0.5, 0.6) is 0 Å². The number of nitrogens with one attached hydrogen (secondary N) is 1. The number of pyridine rings is 1. The second kappa shape index (κ2) is 10.2. The van der Waals surface area contributed by atoms with Crippen LogP contribution in [-0.4, -0.2) is 66.5 Å². The van der Waals surface area contributed by atoms with Crippen molar-refractivity contribution in [3.63, 3.8) is 0 Å². The number of rotatable bonds is 8. The van der Waals surface area contributed by atoms with Crippen LogP contribution >= 0.6 is 0 Å². The van der Waals surface area contributed by atoms with Gasteiger partial charge < -0.3 is 19.7 Å². The van der Waals surface area contributed by atoms with E-state index >= 15 is 0 Å². The van der Waals surface area contributed by atoms with E-state index in [1.54, 1.807) is 17.3 Å². The fourth-order valence-corrected chi connectivity index (χ4v) is 4.07. The smallest absolute Gasteiger partial charge is 0.259 e. The Hall–Kier alpha value is -2.15. The summed E-state index contributed by atoms with van der Waals surface area (Å²) in [4.78, 5) is 42.9. The van der Waals surface area contributed by atoms with Crippen LogP contribution in [0.3, 0.4) is 0 Å². The summed E-state index contributed by atoms with van der Waals surface area (Å²) in [6.45, 7) is 11.5. The van der Waals surface area contributed by atoms with E-state index in [9.17, 15) is 14.4 Å². The minimum atomic E-state index is -0.478. The van der Waals surface area contributed by atoms with E-state index in [4.69, 9.17) is 0 Å². The van der Waals surface area contributed by atoms with Gasteiger partial charge in [0.15, 0.2) is 0 Å². The zero-order valence-electron chi connectivity index (χ0n) is 19.5. The lowest BCUT2D eigenvalue weighted by molar-refractivity contribution is 0.0722. The number of aromatic nitrogens is 1. The Balaban J connectivity index is 2.32. The molecule has 7 heteroatoms. The van der Waals surface area contributed by atoms with Gasteiger partial charge in [0.1, 0.15) is 11.1 Å². The Morgan fingerprint density at radius 1 is 1.10 bits per heavy atom. The molecule has 0 spiro atoms. The number of nitrogens with zero attached hydrogens (tertiary/aromatic N) is 3. The molecule has 1 aromatic heterocycles. The highest BCUT2D eigenvalue weighted by Gasteiger charge is 2.26. The van der Waals surface area contributed by atoms with E-state index in [1.807, 2.05) is 18.7 Å². The maximum Gasteiger partial charge on any atom is 0.259 e. The zero-order valence-corrected chi connectivity index (χ0v) is 19.5. The lowest BCUT2D eigenvalue weighted by Gasteiger charge is -2.28. The predicted molar refractivity (Wildman–Crippen MR) is 120 cm³/mol. The van der Waals surface area contributed by atoms with Crippen molar-refractivity contribution >= 4 is 11.8 Å². The van der Waals surface area contributed by atoms with Crippen LogP contribution in [-0.2, 0) is 6.54 Å². The van der Waals surface area contributed by atoms with Crippen molar-refractivity contribution in [2.75, 3.05) is 40.3 Å². The molecule has 1 aliphatic rings. The highest BCUT2D eigenvalue weighted by Crippen LogP contribution is 2.15. The Labute approximate surface area is 180 Å². The van der Waals surface area contributed by atoms with Crippen LogP contribution in [0.4, 0.5) is 0 Å². The molecule has 1 N–H and O–H groups in total. The second-order valence-electron chi connectivity index (χ2n) is 9.94. The first kappa shape index (κ1) is 24.1. The van der Waals surface area contributed by atoms with Gasteiger partial charge in [0, 0.05) is 45.1 Å². The molecule has 0 radical (unpaired) electrons. The van der Waals surface area contributed by atoms with Gasteiger partial charge >= 0.3 is 0 Å². The van der Waals surface area contributed by atoms with Gasteiger partial charge in [-0.3, -0.25) is 14.4 Å². The van der Waals surface area contributed by atoms with E-state index in [0.29, 0.717) is 32.1 Å². The van der Waals surface area contributed by atoms with Crippen molar-refractivity contribution in [1.82, 2.24) is 19.7 Å². The standard InChI is InChI=1S/C23H38N4O3/c1-17(2)12-26-13-18(21(29)24-15-23(3,4)16-25(5)6)20(28)19(14-26)22(30)27-10-8-7-9-11-27/h13-14,17H,7-12,15-16H2,1-6H3,(H,24,29). The van der Waals surface area contributed by atoms with Gasteiger partial charge in [-0.25, -0.2) is 0 Å². The van der Waals surface area contributed by atoms with E-state index in [2.05, 4.69) is 37.9 Å². The maximum atomic E-state index is 13.1. The molecular formula is C23H38N4O3. The number of hydrogen-bond donors (Lipinski definition) is 1. The number of likely N-dealkylation sites (tertiary alicyclic amines) is 1. The molecular weight excluding hydrogens is 380 g/mol. The Kier molecular flexibility index (Phi) is 8.24. The first-order valence-electron chi connectivity index (χ1n) is 11.0. The van der Waals surface area contributed by atoms with Gasteiger partial charge in [0.2, 0.25) is 5.43 Å². The third-order valence-corrected chi connectivity index (χ3v) is 5.25. The maximum absolute atomic E-state index is 13.1. The van der Waals surface area contributed by atoms with Crippen molar-refractivity contribution in [1.29, 1.82) is 0 Å². The molecule has 0 saturated carbocycles. The molecule has 1 aromatic rings. The lowest BCUT2D eigenvalue weighted by Crippen LogP contribution is -2.43. The topological polar surface area (TPSA) is 74.6 Å². The van der Waals surface area contributed by atoms with Crippen LogP contribution in [0.25, 0.3) is 0 Å². The largest absolute Gasteiger partial charge is 0.352 e. The molecule has 0 aromatic carbocycles. The molecule has 30 heavy (non-hydrogen) atoms. The molecule has 1 saturated heterocycles. The number of amides is 2. The van der Waals surface area contributed by atoms with E-state index in [1.165, 1.54) is 0 Å². The summed E-state index contributed by atoms with van der Waals surface area (Å²) in [6, 6.07) is 0. The average Bonchev–Trinajstić information content (AvgIpc) is 2.66. The number of hydrogen-bond acceptors (Lipinski definition) is 4. The third kappa shape index (κ3) is 6.69. The van der Waals surface area contributed by atoms with Crippen LogP contribution in [0.15, 0.2) is 17.2 Å². The summed E-state index contributed by atoms with van der Waals surface area (Å²) < 4.78 is 1.81. The SMILES string of the molecule is CC(C)Cn1cc(C(=O)NCC(C)(C)CN(C)C)c(=O)c(C(=O)N2CCCCC2)c1. The fourth-order valence-electron chi connectivity index (χ4n) is 4.07. The molecule has 1 aliphatic heterocycles. The summed E-state index contributed by atoms with van der Waals surface area (Å²) in [6.07, 6.45) is 6.21. The first-order valence-corrected chi connectivity index (χ1v) is 11.0. The quantitative estimate of drug-likeness (QED) is 0.704. The molecule has 2 amide bonds. The van der Waals surface area contributed by atoms with Crippen molar-refractivity contribution in [3.8, 4) is 0 Å². The molecule has 0 atom stereocenters. The Bertz CT molecular complexity index is 805. The number of carbonyl (C=O) groups excluding carboxylic acids is 2. The summed E-state index contributed by atoms with van der Waals surface area (Å²) >= 11 is 0. The van der Waals surface area contributed by atoms with Crippen LogP contribution in [0.1, 0.15) is 67.7 Å². The molecule has 168 valence electrons. The second-order valence-corrected chi connectivity index (χ2v) is 9.94. The minimum absolute atomic E-state index is 0.0409. The molecule has 0 bridgehead atoms. The lowest BCUT2D eigenvalue weighted by atomic mass is 9.93. The van der Waals surface area contributed by atoms with Crippen molar-refractivity contribution in [2.24, 2.45) is 11.3 Å². The van der Waals surface area contributed by atoms with Crippen LogP contribution < -0.4 is 10.7 Å². The molecule has 0 unspecified atom stereocenters. The van der Waals surface area contributed by atoms with Gasteiger partial charge in [-0.15, -0.1) is 0 Å². The van der Waals surface area contributed by atoms with Gasteiger partial charge in [0.05, 0.1) is 0 Å². The minimum Gasteiger partial charge on any atom is -0.352 e. The van der Waals surface area contributed by atoms with Crippen LogP contribution in [0, 0.1) is 11.3 Å². The van der Waals surface area contributed by atoms with Crippen molar-refractivity contribution in [2.45, 2.75) is 53.5 Å². The Morgan fingerprint density at radius 2 is 1.70 bits per heavy atom. The normalized spacial score (nSPS) is 15.0. The highest BCUT2D eigenvalue weighted by molar-refractivity contribution is 5.99. The summed E-state index contributed by atoms with van der Waals surface area (Å²) in [5, 5.41) is 2.91. The monoisotopic (exact) mass is 418 g/mol. The van der Waals surface area contributed by atoms with Gasteiger partial charge in [-0.1, -0.05) is 27.7 Å². The fraction of sp³-hybridized carbons (Fsp3) is 0.696. The molecule has 2 rings (SSSR count). The van der Waals surface area contributed by atoms with Gasteiger partial charge in [0.25, 0.3) is 11.8 Å². The van der Waals surface area contributed by atoms with Gasteiger partial charge in [-0.05, 0) is 44.7 Å². The first-order chi connectivity index (χ1) is 14.0. The van der Waals surface area contributed by atoms with Crippen molar-refractivity contribution < 1.29 is 9.59 Å². The van der Waals surface area contributed by atoms with E-state index in [-0.39, 0.29) is 22.4 Å². The molecule has 0 aliphatic carbocycles. The van der Waals surface area contributed by atoms with Crippen LogP contribution in [0.2, 0.25) is 0 Å². The zero-order chi connectivity index (χ0) is 22.5. The highest BCUT2D eigenvalue weighted by atomic mass is 16.2. The predicted octanol–water partition coefficient (Wildman–Crippen LogP) is 2.45. The molecule has 1 fully saturated rings. The third-order valence-electron chi connectivity index (χ3n) is 5.25. The van der Waals surface area contributed by atoms with Crippen molar-refractivity contribution in [3.05, 3.63) is 33.7 Å². The molecule has 2 heterocycles. The molecule has 7 nitrogen and oxygen atoms in total.